The number of anilines is 1. The summed E-state index contributed by atoms with van der Waals surface area (Å²) in [6, 6.07) is 5.20. The zero-order valence-electron chi connectivity index (χ0n) is 9.45. The molecular weight excluding hydrogens is 273 g/mol. The van der Waals surface area contributed by atoms with E-state index in [1.807, 2.05) is 6.92 Å². The van der Waals surface area contributed by atoms with Crippen molar-refractivity contribution < 1.29 is 4.79 Å². The van der Waals surface area contributed by atoms with Crippen molar-refractivity contribution in [2.45, 2.75) is 6.92 Å². The standard InChI is InChI=1S/C12H9Cl2N3O/c1-7-4-8(13)2-3-9(7)17-12(18)10-5-15-6-11(14)16-10/h2-6H,1H3,(H,17,18). The number of hydrogen-bond donors (Lipinski definition) is 1. The van der Waals surface area contributed by atoms with E-state index in [2.05, 4.69) is 15.3 Å². The van der Waals surface area contributed by atoms with E-state index in [4.69, 9.17) is 23.2 Å². The highest BCUT2D eigenvalue weighted by molar-refractivity contribution is 6.30. The molecule has 1 N–H and O–H groups in total. The normalized spacial score (nSPS) is 10.2. The van der Waals surface area contributed by atoms with E-state index < -0.39 is 0 Å². The van der Waals surface area contributed by atoms with Crippen LogP contribution in [0.25, 0.3) is 0 Å². The Morgan fingerprint density at radius 2 is 2.06 bits per heavy atom. The number of benzene rings is 1. The molecule has 18 heavy (non-hydrogen) atoms. The Bertz CT molecular complexity index is 602. The molecule has 0 radical (unpaired) electrons. The average Bonchev–Trinajstić information content (AvgIpc) is 2.32. The van der Waals surface area contributed by atoms with Crippen molar-refractivity contribution >= 4 is 34.8 Å². The number of aryl methyl sites for hydroxylation is 1. The zero-order chi connectivity index (χ0) is 13.1. The predicted molar refractivity (Wildman–Crippen MR) is 71.2 cm³/mol. The van der Waals surface area contributed by atoms with Crippen LogP contribution in [-0.2, 0) is 0 Å². The zero-order valence-corrected chi connectivity index (χ0v) is 11.0. The smallest absolute Gasteiger partial charge is 0.275 e. The lowest BCUT2D eigenvalue weighted by Gasteiger charge is -2.08. The fourth-order valence-corrected chi connectivity index (χ4v) is 1.78. The van der Waals surface area contributed by atoms with Gasteiger partial charge in [0.05, 0.1) is 12.4 Å². The van der Waals surface area contributed by atoms with Crippen molar-refractivity contribution in [2.24, 2.45) is 0 Å². The lowest BCUT2D eigenvalue weighted by atomic mass is 10.2. The summed E-state index contributed by atoms with van der Waals surface area (Å²) in [5, 5.41) is 3.52. The monoisotopic (exact) mass is 281 g/mol. The van der Waals surface area contributed by atoms with Gasteiger partial charge in [0.2, 0.25) is 0 Å². The van der Waals surface area contributed by atoms with Crippen LogP contribution < -0.4 is 5.32 Å². The van der Waals surface area contributed by atoms with Gasteiger partial charge in [0.25, 0.3) is 5.91 Å². The highest BCUT2D eigenvalue weighted by Gasteiger charge is 2.10. The van der Waals surface area contributed by atoms with Gasteiger partial charge in [-0.05, 0) is 30.7 Å². The van der Waals surface area contributed by atoms with Crippen molar-refractivity contribution in [1.29, 1.82) is 0 Å². The summed E-state index contributed by atoms with van der Waals surface area (Å²) in [7, 11) is 0. The minimum absolute atomic E-state index is 0.164. The molecule has 1 heterocycles. The van der Waals surface area contributed by atoms with E-state index in [9.17, 15) is 4.79 Å². The number of aromatic nitrogens is 2. The average molecular weight is 282 g/mol. The molecule has 0 saturated heterocycles. The molecule has 0 unspecified atom stereocenters. The van der Waals surface area contributed by atoms with E-state index in [-0.39, 0.29) is 16.8 Å². The van der Waals surface area contributed by atoms with Crippen LogP contribution >= 0.6 is 23.2 Å². The van der Waals surface area contributed by atoms with Gasteiger partial charge in [-0.15, -0.1) is 0 Å². The Morgan fingerprint density at radius 3 is 2.72 bits per heavy atom. The second-order valence-corrected chi connectivity index (χ2v) is 4.46. The molecule has 4 nitrogen and oxygen atoms in total. The van der Waals surface area contributed by atoms with Gasteiger partial charge >= 0.3 is 0 Å². The number of carbonyl (C=O) groups is 1. The molecule has 0 aliphatic carbocycles. The van der Waals surface area contributed by atoms with E-state index in [0.717, 1.165) is 5.56 Å². The maximum Gasteiger partial charge on any atom is 0.275 e. The summed E-state index contributed by atoms with van der Waals surface area (Å²) in [6.07, 6.45) is 2.72. The first-order valence-electron chi connectivity index (χ1n) is 5.11. The molecule has 0 saturated carbocycles. The summed E-state index contributed by atoms with van der Waals surface area (Å²) in [5.41, 5.74) is 1.70. The second-order valence-electron chi connectivity index (χ2n) is 3.64. The van der Waals surface area contributed by atoms with Crippen molar-refractivity contribution in [3.05, 3.63) is 52.0 Å². The molecule has 0 bridgehead atoms. The Kier molecular flexibility index (Phi) is 3.79. The van der Waals surface area contributed by atoms with E-state index in [1.165, 1.54) is 12.4 Å². The molecule has 0 fully saturated rings. The third-order valence-electron chi connectivity index (χ3n) is 2.27. The van der Waals surface area contributed by atoms with E-state index in [0.29, 0.717) is 10.7 Å². The number of halogens is 2. The largest absolute Gasteiger partial charge is 0.320 e. The van der Waals surface area contributed by atoms with Crippen LogP contribution in [0.15, 0.2) is 30.6 Å². The summed E-state index contributed by atoms with van der Waals surface area (Å²) in [6.45, 7) is 1.85. The van der Waals surface area contributed by atoms with Crippen LogP contribution in [-0.4, -0.2) is 15.9 Å². The molecule has 92 valence electrons. The van der Waals surface area contributed by atoms with Gasteiger partial charge in [-0.3, -0.25) is 9.78 Å². The van der Waals surface area contributed by atoms with Crippen molar-refractivity contribution in [3.63, 3.8) is 0 Å². The topological polar surface area (TPSA) is 54.9 Å². The number of nitrogens with zero attached hydrogens (tertiary/aromatic N) is 2. The third-order valence-corrected chi connectivity index (χ3v) is 2.69. The minimum atomic E-state index is -0.365. The molecule has 2 rings (SSSR count). The fraction of sp³-hybridized carbons (Fsp3) is 0.0833. The lowest BCUT2D eigenvalue weighted by Crippen LogP contribution is -2.14. The van der Waals surface area contributed by atoms with E-state index >= 15 is 0 Å². The summed E-state index contributed by atoms with van der Waals surface area (Å²) >= 11 is 11.5. The molecule has 0 spiro atoms. The molecule has 6 heteroatoms. The fourth-order valence-electron chi connectivity index (χ4n) is 1.41. The van der Waals surface area contributed by atoms with Crippen molar-refractivity contribution in [2.75, 3.05) is 5.32 Å². The van der Waals surface area contributed by atoms with Crippen LogP contribution in [0, 0.1) is 6.92 Å². The number of amides is 1. The van der Waals surface area contributed by atoms with Gasteiger partial charge < -0.3 is 5.32 Å². The Balaban J connectivity index is 2.21. The highest BCUT2D eigenvalue weighted by atomic mass is 35.5. The first-order valence-corrected chi connectivity index (χ1v) is 5.87. The molecule has 1 aromatic heterocycles. The Hall–Kier alpha value is -1.65. The van der Waals surface area contributed by atoms with Gasteiger partial charge in [0.15, 0.2) is 0 Å². The molecular formula is C12H9Cl2N3O. The number of hydrogen-bond acceptors (Lipinski definition) is 3. The molecule has 0 aliphatic rings. The Morgan fingerprint density at radius 1 is 1.28 bits per heavy atom. The minimum Gasteiger partial charge on any atom is -0.320 e. The van der Waals surface area contributed by atoms with Crippen LogP contribution in [0.3, 0.4) is 0 Å². The number of nitrogens with one attached hydrogen (secondary N) is 1. The number of carbonyl (C=O) groups excluding carboxylic acids is 1. The SMILES string of the molecule is Cc1cc(Cl)ccc1NC(=O)c1cncc(Cl)n1. The van der Waals surface area contributed by atoms with Crippen LogP contribution in [0.4, 0.5) is 5.69 Å². The molecule has 1 aromatic carbocycles. The number of rotatable bonds is 2. The Labute approximate surface area is 114 Å². The van der Waals surface area contributed by atoms with E-state index in [1.54, 1.807) is 18.2 Å². The summed E-state index contributed by atoms with van der Waals surface area (Å²) in [4.78, 5) is 19.6. The summed E-state index contributed by atoms with van der Waals surface area (Å²) in [5.74, 6) is -0.365. The first kappa shape index (κ1) is 12.8. The van der Waals surface area contributed by atoms with Crippen molar-refractivity contribution in [1.82, 2.24) is 9.97 Å². The predicted octanol–water partition coefficient (Wildman–Crippen LogP) is 3.34. The van der Waals surface area contributed by atoms with Crippen LogP contribution in [0.1, 0.15) is 16.1 Å². The molecule has 0 aliphatic heterocycles. The maximum atomic E-state index is 11.9. The molecule has 1 amide bonds. The van der Waals surface area contributed by atoms with Gasteiger partial charge in [0.1, 0.15) is 10.8 Å². The first-order chi connectivity index (χ1) is 8.56. The second kappa shape index (κ2) is 5.33. The van der Waals surface area contributed by atoms with Crippen molar-refractivity contribution in [3.8, 4) is 0 Å². The van der Waals surface area contributed by atoms with Gasteiger partial charge in [-0.25, -0.2) is 4.98 Å². The maximum absolute atomic E-state index is 11.9. The van der Waals surface area contributed by atoms with Crippen LogP contribution in [0.5, 0.6) is 0 Å². The molecule has 0 atom stereocenters. The molecule has 2 aromatic rings. The van der Waals surface area contributed by atoms with Gasteiger partial charge in [0, 0.05) is 10.7 Å². The lowest BCUT2D eigenvalue weighted by molar-refractivity contribution is 0.102. The van der Waals surface area contributed by atoms with Crippen LogP contribution in [0.2, 0.25) is 10.2 Å². The van der Waals surface area contributed by atoms with Gasteiger partial charge in [-0.1, -0.05) is 23.2 Å². The van der Waals surface area contributed by atoms with Gasteiger partial charge in [-0.2, -0.15) is 0 Å². The summed E-state index contributed by atoms with van der Waals surface area (Å²) < 4.78 is 0. The quantitative estimate of drug-likeness (QED) is 0.919. The highest BCUT2D eigenvalue weighted by Crippen LogP contribution is 2.20. The third kappa shape index (κ3) is 2.97.